The molecule has 1 aromatic carbocycles. The first-order valence-electron chi connectivity index (χ1n) is 4.37. The maximum Gasteiger partial charge on any atom is 0.126 e. The maximum absolute atomic E-state index is 3.50. The van der Waals surface area contributed by atoms with Crippen LogP contribution in [0.4, 0.5) is 0 Å². The highest BCUT2D eigenvalue weighted by Gasteiger charge is 1.94. The lowest BCUT2D eigenvalue weighted by molar-refractivity contribution is 0.880. The van der Waals surface area contributed by atoms with E-state index in [0.717, 1.165) is 13.0 Å². The summed E-state index contributed by atoms with van der Waals surface area (Å²) in [4.78, 5) is 3.50. The van der Waals surface area contributed by atoms with Crippen LogP contribution in [0.15, 0.2) is 30.3 Å². The highest BCUT2D eigenvalue weighted by molar-refractivity contribution is 6.52. The molecular weight excluding hydrogens is 162 g/mol. The Bertz CT molecular complexity index is 208. The molecule has 65 valence electrons. The van der Waals surface area contributed by atoms with Crippen molar-refractivity contribution in [1.82, 2.24) is 4.98 Å². The second-order valence-corrected chi connectivity index (χ2v) is 5.52. The predicted octanol–water partition coefficient (Wildman–Crippen LogP) is 2.07. The van der Waals surface area contributed by atoms with Gasteiger partial charge in [0.2, 0.25) is 0 Å². The summed E-state index contributed by atoms with van der Waals surface area (Å²) < 4.78 is 0. The second-order valence-electron chi connectivity index (χ2n) is 3.16. The summed E-state index contributed by atoms with van der Waals surface area (Å²) in [6.45, 7) is 5.66. The molecule has 1 N–H and O–H groups in total. The van der Waals surface area contributed by atoms with E-state index in [1.54, 1.807) is 0 Å². The lowest BCUT2D eigenvalue weighted by Gasteiger charge is -2.05. The zero-order valence-corrected chi connectivity index (χ0v) is 8.80. The molecule has 0 unspecified atom stereocenters. The SMILES string of the molecule is C[Si](C)NCCc1ccccc1. The van der Waals surface area contributed by atoms with Crippen molar-refractivity contribution in [3.05, 3.63) is 35.9 Å². The Hall–Kier alpha value is -0.603. The summed E-state index contributed by atoms with van der Waals surface area (Å²) in [6, 6.07) is 10.6. The quantitative estimate of drug-likeness (QED) is 0.696. The fraction of sp³-hybridized carbons (Fsp3) is 0.400. The van der Waals surface area contributed by atoms with Crippen LogP contribution in [0.3, 0.4) is 0 Å². The zero-order valence-electron chi connectivity index (χ0n) is 7.80. The minimum absolute atomic E-state index is 0.254. The largest absolute Gasteiger partial charge is 0.338 e. The molecule has 0 aliphatic heterocycles. The summed E-state index contributed by atoms with van der Waals surface area (Å²) in [5.74, 6) is 0. The Balaban J connectivity index is 2.25. The number of nitrogens with one attached hydrogen (secondary N) is 1. The average molecular weight is 178 g/mol. The Morgan fingerprint density at radius 2 is 1.83 bits per heavy atom. The lowest BCUT2D eigenvalue weighted by Crippen LogP contribution is -2.29. The van der Waals surface area contributed by atoms with Crippen molar-refractivity contribution in [2.45, 2.75) is 19.5 Å². The third kappa shape index (κ3) is 3.69. The second kappa shape index (κ2) is 5.12. The minimum atomic E-state index is -0.254. The first kappa shape index (κ1) is 9.48. The monoisotopic (exact) mass is 178 g/mol. The lowest BCUT2D eigenvalue weighted by atomic mass is 10.2. The van der Waals surface area contributed by atoms with Gasteiger partial charge in [-0.1, -0.05) is 43.4 Å². The molecule has 0 heterocycles. The van der Waals surface area contributed by atoms with Gasteiger partial charge in [-0.2, -0.15) is 0 Å². The highest BCUT2D eigenvalue weighted by atomic mass is 28.3. The summed E-state index contributed by atoms with van der Waals surface area (Å²) in [6.07, 6.45) is 1.15. The van der Waals surface area contributed by atoms with Gasteiger partial charge in [0.25, 0.3) is 0 Å². The molecule has 0 amide bonds. The molecule has 0 saturated heterocycles. The number of rotatable bonds is 4. The van der Waals surface area contributed by atoms with E-state index < -0.39 is 0 Å². The molecule has 2 heteroatoms. The molecule has 0 aliphatic carbocycles. The molecule has 0 bridgehead atoms. The summed E-state index contributed by atoms with van der Waals surface area (Å²) in [5, 5.41) is 0. The van der Waals surface area contributed by atoms with E-state index in [9.17, 15) is 0 Å². The van der Waals surface area contributed by atoms with Gasteiger partial charge in [-0.3, -0.25) is 0 Å². The third-order valence-electron chi connectivity index (χ3n) is 1.74. The Morgan fingerprint density at radius 1 is 1.17 bits per heavy atom. The van der Waals surface area contributed by atoms with Crippen molar-refractivity contribution in [3.63, 3.8) is 0 Å². The Morgan fingerprint density at radius 3 is 2.42 bits per heavy atom. The molecular formula is C10H16NSi. The van der Waals surface area contributed by atoms with Gasteiger partial charge < -0.3 is 4.98 Å². The fourth-order valence-corrected chi connectivity index (χ4v) is 1.73. The van der Waals surface area contributed by atoms with E-state index in [0.29, 0.717) is 0 Å². The van der Waals surface area contributed by atoms with Crippen molar-refractivity contribution in [2.75, 3.05) is 6.54 Å². The topological polar surface area (TPSA) is 12.0 Å². The van der Waals surface area contributed by atoms with Gasteiger partial charge in [0, 0.05) is 0 Å². The Kier molecular flexibility index (Phi) is 4.04. The van der Waals surface area contributed by atoms with Crippen LogP contribution in [0, 0.1) is 0 Å². The Labute approximate surface area is 76.5 Å². The molecule has 12 heavy (non-hydrogen) atoms. The van der Waals surface area contributed by atoms with Crippen LogP contribution in [-0.2, 0) is 6.42 Å². The molecule has 1 nitrogen and oxygen atoms in total. The van der Waals surface area contributed by atoms with Crippen LogP contribution >= 0.6 is 0 Å². The van der Waals surface area contributed by atoms with Gasteiger partial charge in [0.1, 0.15) is 8.96 Å². The maximum atomic E-state index is 3.50. The fourth-order valence-electron chi connectivity index (χ4n) is 1.10. The molecule has 1 radical (unpaired) electrons. The summed E-state index contributed by atoms with van der Waals surface area (Å²) >= 11 is 0. The van der Waals surface area contributed by atoms with E-state index in [1.807, 2.05) is 0 Å². The molecule has 1 rings (SSSR count). The van der Waals surface area contributed by atoms with Crippen LogP contribution in [-0.4, -0.2) is 15.5 Å². The van der Waals surface area contributed by atoms with Crippen LogP contribution in [0.25, 0.3) is 0 Å². The standard InChI is InChI=1S/C10H16NSi/c1-12(2)11-9-8-10-6-4-3-5-7-10/h3-7,11H,8-9H2,1-2H3. The van der Waals surface area contributed by atoms with E-state index in [2.05, 4.69) is 48.4 Å². The smallest absolute Gasteiger partial charge is 0.126 e. The van der Waals surface area contributed by atoms with Crippen molar-refractivity contribution in [3.8, 4) is 0 Å². The zero-order chi connectivity index (χ0) is 8.81. The molecule has 0 aliphatic rings. The summed E-state index contributed by atoms with van der Waals surface area (Å²) in [5.41, 5.74) is 1.42. The highest BCUT2D eigenvalue weighted by Crippen LogP contribution is 1.97. The molecule has 1 aromatic rings. The third-order valence-corrected chi connectivity index (χ3v) is 2.69. The van der Waals surface area contributed by atoms with E-state index in [1.165, 1.54) is 5.56 Å². The van der Waals surface area contributed by atoms with Crippen LogP contribution < -0.4 is 4.98 Å². The number of hydrogen-bond acceptors (Lipinski definition) is 1. The van der Waals surface area contributed by atoms with E-state index in [4.69, 9.17) is 0 Å². The molecule has 0 saturated carbocycles. The van der Waals surface area contributed by atoms with Gasteiger partial charge >= 0.3 is 0 Å². The van der Waals surface area contributed by atoms with Crippen molar-refractivity contribution in [1.29, 1.82) is 0 Å². The first-order valence-corrected chi connectivity index (χ1v) is 6.87. The summed E-state index contributed by atoms with van der Waals surface area (Å²) in [7, 11) is -0.254. The van der Waals surface area contributed by atoms with Gasteiger partial charge in [0.05, 0.1) is 0 Å². The van der Waals surface area contributed by atoms with Crippen LogP contribution in [0.1, 0.15) is 5.56 Å². The molecule has 0 spiro atoms. The number of benzene rings is 1. The van der Waals surface area contributed by atoms with Gasteiger partial charge in [-0.05, 0) is 18.5 Å². The normalized spacial score (nSPS) is 10.6. The van der Waals surface area contributed by atoms with Crippen molar-refractivity contribution < 1.29 is 0 Å². The average Bonchev–Trinajstić information content (AvgIpc) is 2.05. The van der Waals surface area contributed by atoms with Crippen molar-refractivity contribution in [2.24, 2.45) is 0 Å². The molecule has 0 atom stereocenters. The van der Waals surface area contributed by atoms with Gasteiger partial charge in [0.15, 0.2) is 0 Å². The van der Waals surface area contributed by atoms with Gasteiger partial charge in [-0.15, -0.1) is 0 Å². The minimum Gasteiger partial charge on any atom is -0.338 e. The van der Waals surface area contributed by atoms with Crippen molar-refractivity contribution >= 4 is 8.96 Å². The first-order chi connectivity index (χ1) is 5.79. The van der Waals surface area contributed by atoms with Crippen LogP contribution in [0.5, 0.6) is 0 Å². The predicted molar refractivity (Wildman–Crippen MR) is 55.6 cm³/mol. The van der Waals surface area contributed by atoms with Crippen LogP contribution in [0.2, 0.25) is 13.1 Å². The number of hydrogen-bond donors (Lipinski definition) is 1. The van der Waals surface area contributed by atoms with E-state index >= 15 is 0 Å². The van der Waals surface area contributed by atoms with Gasteiger partial charge in [-0.25, -0.2) is 0 Å². The molecule has 0 fully saturated rings. The molecule has 0 aromatic heterocycles. The van der Waals surface area contributed by atoms with E-state index in [-0.39, 0.29) is 8.96 Å².